The highest BCUT2D eigenvalue weighted by atomic mass is 79.9. The van der Waals surface area contributed by atoms with Gasteiger partial charge in [-0.25, -0.2) is 4.98 Å². The van der Waals surface area contributed by atoms with Crippen LogP contribution in [0.2, 0.25) is 0 Å². The smallest absolute Gasteiger partial charge is 0.224 e. The lowest BCUT2D eigenvalue weighted by atomic mass is 10.2. The lowest BCUT2D eigenvalue weighted by molar-refractivity contribution is 1.05. The third-order valence-corrected chi connectivity index (χ3v) is 3.51. The fourth-order valence-corrected chi connectivity index (χ4v) is 1.99. The zero-order valence-corrected chi connectivity index (χ0v) is 12.9. The van der Waals surface area contributed by atoms with Crippen molar-refractivity contribution in [2.45, 2.75) is 20.8 Å². The molecule has 4 nitrogen and oxygen atoms in total. The van der Waals surface area contributed by atoms with Crippen LogP contribution in [-0.4, -0.2) is 16.5 Å². The number of rotatable bonds is 4. The van der Waals surface area contributed by atoms with Crippen LogP contribution in [0.5, 0.6) is 0 Å². The largest absolute Gasteiger partial charge is 0.354 e. The molecule has 0 aliphatic rings. The van der Waals surface area contributed by atoms with Crippen molar-refractivity contribution >= 4 is 33.4 Å². The molecule has 1 aromatic carbocycles. The highest BCUT2D eigenvalue weighted by molar-refractivity contribution is 9.10. The first-order valence-corrected chi connectivity index (χ1v) is 7.00. The molecule has 1 aromatic heterocycles. The Morgan fingerprint density at radius 3 is 2.63 bits per heavy atom. The number of nitrogens with zero attached hydrogens (tertiary/aromatic N) is 2. The predicted molar refractivity (Wildman–Crippen MR) is 83.1 cm³/mol. The number of benzene rings is 1. The van der Waals surface area contributed by atoms with Gasteiger partial charge in [0.2, 0.25) is 5.95 Å². The molecule has 0 unspecified atom stereocenters. The number of nitrogens with one attached hydrogen (secondary N) is 2. The van der Waals surface area contributed by atoms with Gasteiger partial charge in [-0.3, -0.25) is 0 Å². The number of aromatic nitrogens is 2. The number of aryl methyl sites for hydroxylation is 2. The Balaban J connectivity index is 2.24. The number of hydrogen-bond acceptors (Lipinski definition) is 4. The third kappa shape index (κ3) is 3.67. The molecule has 0 atom stereocenters. The molecule has 2 aromatic rings. The second-order valence-electron chi connectivity index (χ2n) is 4.34. The monoisotopic (exact) mass is 320 g/mol. The Morgan fingerprint density at radius 2 is 1.95 bits per heavy atom. The lowest BCUT2D eigenvalue weighted by Gasteiger charge is -2.10. The van der Waals surface area contributed by atoms with Gasteiger partial charge in [0, 0.05) is 28.5 Å². The summed E-state index contributed by atoms with van der Waals surface area (Å²) in [6, 6.07) is 8.05. The molecule has 0 saturated carbocycles. The average molecular weight is 321 g/mol. The van der Waals surface area contributed by atoms with Gasteiger partial charge in [0.15, 0.2) is 0 Å². The number of anilines is 3. The maximum atomic E-state index is 4.43. The van der Waals surface area contributed by atoms with Crippen LogP contribution in [0.3, 0.4) is 0 Å². The van der Waals surface area contributed by atoms with E-state index >= 15 is 0 Å². The van der Waals surface area contributed by atoms with Crippen molar-refractivity contribution in [1.82, 2.24) is 9.97 Å². The van der Waals surface area contributed by atoms with E-state index < -0.39 is 0 Å². The molecule has 0 saturated heterocycles. The van der Waals surface area contributed by atoms with Crippen LogP contribution in [0.4, 0.5) is 17.5 Å². The summed E-state index contributed by atoms with van der Waals surface area (Å²) in [6.45, 7) is 6.85. The summed E-state index contributed by atoms with van der Waals surface area (Å²) >= 11 is 3.50. The van der Waals surface area contributed by atoms with E-state index in [-0.39, 0.29) is 0 Å². The molecule has 2 rings (SSSR count). The van der Waals surface area contributed by atoms with Crippen molar-refractivity contribution in [2.24, 2.45) is 0 Å². The van der Waals surface area contributed by atoms with E-state index in [1.165, 1.54) is 5.56 Å². The number of hydrogen-bond donors (Lipinski definition) is 2. The van der Waals surface area contributed by atoms with E-state index in [1.54, 1.807) is 0 Å². The van der Waals surface area contributed by atoms with Crippen LogP contribution >= 0.6 is 15.9 Å². The van der Waals surface area contributed by atoms with Crippen LogP contribution in [0.1, 0.15) is 18.2 Å². The minimum absolute atomic E-state index is 0.652. The van der Waals surface area contributed by atoms with Gasteiger partial charge in [0.25, 0.3) is 0 Å². The molecule has 100 valence electrons. The van der Waals surface area contributed by atoms with Crippen molar-refractivity contribution in [3.8, 4) is 0 Å². The third-order valence-electron chi connectivity index (χ3n) is 2.62. The molecule has 1 heterocycles. The Labute approximate surface area is 121 Å². The van der Waals surface area contributed by atoms with E-state index in [9.17, 15) is 0 Å². The summed E-state index contributed by atoms with van der Waals surface area (Å²) in [5, 5.41) is 6.42. The topological polar surface area (TPSA) is 49.8 Å². The molecule has 5 heteroatoms. The Bertz CT molecular complexity index is 584. The molecule has 0 fully saturated rings. The van der Waals surface area contributed by atoms with Crippen molar-refractivity contribution in [3.05, 3.63) is 40.0 Å². The first kappa shape index (κ1) is 13.8. The summed E-state index contributed by atoms with van der Waals surface area (Å²) in [5.74, 6) is 1.45. The van der Waals surface area contributed by atoms with Gasteiger partial charge in [0.1, 0.15) is 5.82 Å². The Hall–Kier alpha value is -1.62. The van der Waals surface area contributed by atoms with Gasteiger partial charge in [-0.2, -0.15) is 4.98 Å². The fourth-order valence-electron chi connectivity index (χ4n) is 1.74. The first-order chi connectivity index (χ1) is 9.08. The quantitative estimate of drug-likeness (QED) is 0.892. The van der Waals surface area contributed by atoms with Gasteiger partial charge in [0.05, 0.1) is 0 Å². The van der Waals surface area contributed by atoms with Gasteiger partial charge < -0.3 is 10.6 Å². The van der Waals surface area contributed by atoms with Crippen molar-refractivity contribution < 1.29 is 0 Å². The highest BCUT2D eigenvalue weighted by Crippen LogP contribution is 2.22. The second-order valence-corrected chi connectivity index (χ2v) is 5.19. The molecule has 0 bridgehead atoms. The molecular formula is C14H17BrN4. The van der Waals surface area contributed by atoms with Crippen LogP contribution in [0.25, 0.3) is 0 Å². The summed E-state index contributed by atoms with van der Waals surface area (Å²) in [6.07, 6.45) is 0. The molecule has 0 aliphatic heterocycles. The first-order valence-electron chi connectivity index (χ1n) is 6.21. The van der Waals surface area contributed by atoms with Crippen LogP contribution in [0, 0.1) is 13.8 Å². The standard InChI is InChI=1S/C14H17BrN4/c1-4-16-14-17-10(3)8-13(19-14)18-11-5-6-12(15)9(2)7-11/h5-8H,4H2,1-3H3,(H2,16,17,18,19). The predicted octanol–water partition coefficient (Wildman–Crippen LogP) is 4.03. The number of halogens is 1. The van der Waals surface area contributed by atoms with Gasteiger partial charge in [-0.15, -0.1) is 0 Å². The summed E-state index contributed by atoms with van der Waals surface area (Å²) in [5.41, 5.74) is 3.13. The summed E-state index contributed by atoms with van der Waals surface area (Å²) in [4.78, 5) is 8.75. The van der Waals surface area contributed by atoms with Crippen molar-refractivity contribution in [1.29, 1.82) is 0 Å². The molecule has 2 N–H and O–H groups in total. The van der Waals surface area contributed by atoms with Gasteiger partial charge in [-0.1, -0.05) is 15.9 Å². The average Bonchev–Trinajstić information content (AvgIpc) is 2.33. The van der Waals surface area contributed by atoms with E-state index in [2.05, 4.69) is 49.5 Å². The van der Waals surface area contributed by atoms with Crippen LogP contribution in [-0.2, 0) is 0 Å². The van der Waals surface area contributed by atoms with Crippen LogP contribution < -0.4 is 10.6 Å². The zero-order chi connectivity index (χ0) is 13.8. The van der Waals surface area contributed by atoms with Gasteiger partial charge in [-0.05, 0) is 44.5 Å². The van der Waals surface area contributed by atoms with E-state index in [0.29, 0.717) is 5.95 Å². The molecule has 0 amide bonds. The van der Waals surface area contributed by atoms with Crippen molar-refractivity contribution in [3.63, 3.8) is 0 Å². The zero-order valence-electron chi connectivity index (χ0n) is 11.3. The minimum atomic E-state index is 0.652. The summed E-state index contributed by atoms with van der Waals surface area (Å²) < 4.78 is 1.10. The molecule has 0 aliphatic carbocycles. The fraction of sp³-hybridized carbons (Fsp3) is 0.286. The van der Waals surface area contributed by atoms with E-state index in [0.717, 1.165) is 28.2 Å². The highest BCUT2D eigenvalue weighted by Gasteiger charge is 2.03. The molecule has 0 radical (unpaired) electrons. The minimum Gasteiger partial charge on any atom is -0.354 e. The van der Waals surface area contributed by atoms with E-state index in [4.69, 9.17) is 0 Å². The second kappa shape index (κ2) is 6.02. The van der Waals surface area contributed by atoms with Gasteiger partial charge >= 0.3 is 0 Å². The molecular weight excluding hydrogens is 304 g/mol. The molecule has 19 heavy (non-hydrogen) atoms. The summed E-state index contributed by atoms with van der Waals surface area (Å²) in [7, 11) is 0. The molecule has 0 spiro atoms. The normalized spacial score (nSPS) is 10.3. The van der Waals surface area contributed by atoms with Crippen molar-refractivity contribution in [2.75, 3.05) is 17.2 Å². The lowest BCUT2D eigenvalue weighted by Crippen LogP contribution is -2.05. The SMILES string of the molecule is CCNc1nc(C)cc(Nc2ccc(Br)c(C)c2)n1. The Kier molecular flexibility index (Phi) is 4.37. The maximum absolute atomic E-state index is 4.43. The maximum Gasteiger partial charge on any atom is 0.224 e. The Morgan fingerprint density at radius 1 is 1.16 bits per heavy atom. The van der Waals surface area contributed by atoms with Crippen LogP contribution in [0.15, 0.2) is 28.7 Å². The van der Waals surface area contributed by atoms with E-state index in [1.807, 2.05) is 32.0 Å².